The van der Waals surface area contributed by atoms with Crippen molar-refractivity contribution < 1.29 is 9.66 Å². The first-order valence-electron chi connectivity index (χ1n) is 6.69. The Bertz CT molecular complexity index is 481. The summed E-state index contributed by atoms with van der Waals surface area (Å²) < 4.78 is 5.14. The van der Waals surface area contributed by atoms with Crippen molar-refractivity contribution in [2.75, 3.05) is 18.7 Å². The Balaban J connectivity index is 2.12. The number of benzene rings is 1. The largest absolute Gasteiger partial charge is 0.382 e. The molecule has 1 aromatic carbocycles. The van der Waals surface area contributed by atoms with Gasteiger partial charge in [0.25, 0.3) is 5.69 Å². The number of nitro benzene ring substituents is 1. The number of hydrogen-bond acceptors (Lipinski definition) is 5. The lowest BCUT2D eigenvalue weighted by molar-refractivity contribution is -0.384. The Morgan fingerprint density at radius 3 is 2.90 bits per heavy atom. The van der Waals surface area contributed by atoms with Gasteiger partial charge in [-0.2, -0.15) is 11.8 Å². The lowest BCUT2D eigenvalue weighted by atomic mass is 10.1. The zero-order valence-electron chi connectivity index (χ0n) is 11.8. The van der Waals surface area contributed by atoms with E-state index in [9.17, 15) is 10.1 Å². The average molecular weight is 296 g/mol. The third kappa shape index (κ3) is 3.64. The predicted molar refractivity (Wildman–Crippen MR) is 82.4 cm³/mol. The van der Waals surface area contributed by atoms with Gasteiger partial charge in [0, 0.05) is 41.8 Å². The molecule has 1 aliphatic carbocycles. The van der Waals surface area contributed by atoms with E-state index in [1.165, 1.54) is 6.42 Å². The summed E-state index contributed by atoms with van der Waals surface area (Å²) in [6, 6.07) is 5.37. The van der Waals surface area contributed by atoms with Gasteiger partial charge in [-0.15, -0.1) is 0 Å². The molecule has 1 saturated carbocycles. The molecule has 1 aliphatic rings. The van der Waals surface area contributed by atoms with Crippen molar-refractivity contribution in [1.29, 1.82) is 0 Å². The van der Waals surface area contributed by atoms with Gasteiger partial charge in [-0.3, -0.25) is 10.1 Å². The van der Waals surface area contributed by atoms with Crippen LogP contribution in [0.3, 0.4) is 0 Å². The standard InChI is InChI=1S/C14H20N2O3S/c1-19-9-10-7-12(16(17)18)4-6-14(10)15-11-3-5-13(8-11)20-2/h4,6-7,11,13,15H,3,5,8-9H2,1-2H3. The molecule has 1 aromatic rings. The van der Waals surface area contributed by atoms with Gasteiger partial charge in [-0.25, -0.2) is 0 Å². The van der Waals surface area contributed by atoms with E-state index in [2.05, 4.69) is 11.6 Å². The zero-order valence-corrected chi connectivity index (χ0v) is 12.6. The van der Waals surface area contributed by atoms with Crippen LogP contribution in [0.2, 0.25) is 0 Å². The van der Waals surface area contributed by atoms with Gasteiger partial charge in [-0.05, 0) is 31.6 Å². The number of ether oxygens (including phenoxy) is 1. The Morgan fingerprint density at radius 1 is 1.50 bits per heavy atom. The van der Waals surface area contributed by atoms with Crippen molar-refractivity contribution in [3.8, 4) is 0 Å². The second kappa shape index (κ2) is 6.95. The summed E-state index contributed by atoms with van der Waals surface area (Å²) in [5.74, 6) is 0. The van der Waals surface area contributed by atoms with Crippen molar-refractivity contribution in [2.24, 2.45) is 0 Å². The van der Waals surface area contributed by atoms with E-state index in [1.54, 1.807) is 25.3 Å². The Hall–Kier alpha value is -1.27. The van der Waals surface area contributed by atoms with Crippen molar-refractivity contribution >= 4 is 23.1 Å². The maximum Gasteiger partial charge on any atom is 0.269 e. The van der Waals surface area contributed by atoms with Crippen molar-refractivity contribution in [3.63, 3.8) is 0 Å². The number of non-ortho nitro benzene ring substituents is 1. The van der Waals surface area contributed by atoms with Crippen molar-refractivity contribution in [1.82, 2.24) is 0 Å². The fraction of sp³-hybridized carbons (Fsp3) is 0.571. The molecule has 2 unspecified atom stereocenters. The van der Waals surface area contributed by atoms with Crippen LogP contribution in [0.4, 0.5) is 11.4 Å². The molecule has 6 heteroatoms. The Labute approximate surface area is 123 Å². The summed E-state index contributed by atoms with van der Waals surface area (Å²) >= 11 is 1.91. The molecule has 110 valence electrons. The summed E-state index contributed by atoms with van der Waals surface area (Å²) in [6.07, 6.45) is 5.67. The number of anilines is 1. The van der Waals surface area contributed by atoms with E-state index in [0.29, 0.717) is 12.6 Å². The number of nitro groups is 1. The van der Waals surface area contributed by atoms with E-state index >= 15 is 0 Å². The van der Waals surface area contributed by atoms with E-state index in [0.717, 1.165) is 29.3 Å². The summed E-state index contributed by atoms with van der Waals surface area (Å²) in [4.78, 5) is 10.5. The van der Waals surface area contributed by atoms with Crippen molar-refractivity contribution in [3.05, 3.63) is 33.9 Å². The monoisotopic (exact) mass is 296 g/mol. The summed E-state index contributed by atoms with van der Waals surface area (Å²) in [7, 11) is 1.60. The summed E-state index contributed by atoms with van der Waals surface area (Å²) in [5.41, 5.74) is 1.90. The highest BCUT2D eigenvalue weighted by molar-refractivity contribution is 7.99. The van der Waals surface area contributed by atoms with Gasteiger partial charge in [0.2, 0.25) is 0 Å². The SMILES string of the molecule is COCc1cc([N+](=O)[O-])ccc1NC1CCC(SC)C1. The van der Waals surface area contributed by atoms with Crippen LogP contribution in [0, 0.1) is 10.1 Å². The van der Waals surface area contributed by atoms with Crippen LogP contribution in [0.5, 0.6) is 0 Å². The molecule has 0 heterocycles. The molecular formula is C14H20N2O3S. The third-order valence-corrected chi connectivity index (χ3v) is 4.77. The lowest BCUT2D eigenvalue weighted by Gasteiger charge is -2.17. The molecule has 0 saturated heterocycles. The number of hydrogen-bond donors (Lipinski definition) is 1. The smallest absolute Gasteiger partial charge is 0.269 e. The van der Waals surface area contributed by atoms with Gasteiger partial charge in [0.05, 0.1) is 11.5 Å². The minimum atomic E-state index is -0.373. The number of rotatable bonds is 6. The van der Waals surface area contributed by atoms with Crippen LogP contribution in [0.1, 0.15) is 24.8 Å². The number of nitrogens with zero attached hydrogens (tertiary/aromatic N) is 1. The highest BCUT2D eigenvalue weighted by Crippen LogP contribution is 2.32. The Kier molecular flexibility index (Phi) is 5.25. The van der Waals surface area contributed by atoms with E-state index < -0.39 is 0 Å². The molecule has 0 aromatic heterocycles. The predicted octanol–water partition coefficient (Wildman–Crippen LogP) is 3.44. The molecule has 2 rings (SSSR count). The van der Waals surface area contributed by atoms with Crippen LogP contribution in [-0.2, 0) is 11.3 Å². The first kappa shape index (κ1) is 15.1. The van der Waals surface area contributed by atoms with Crippen LogP contribution in [0.25, 0.3) is 0 Å². The third-order valence-electron chi connectivity index (χ3n) is 3.68. The quantitative estimate of drug-likeness (QED) is 0.643. The Morgan fingerprint density at radius 2 is 2.30 bits per heavy atom. The van der Waals surface area contributed by atoms with E-state index in [4.69, 9.17) is 4.74 Å². The number of thioether (sulfide) groups is 1. The van der Waals surface area contributed by atoms with Gasteiger partial charge in [0.1, 0.15) is 0 Å². The molecule has 0 aliphatic heterocycles. The fourth-order valence-electron chi connectivity index (χ4n) is 2.61. The van der Waals surface area contributed by atoms with Gasteiger partial charge in [0.15, 0.2) is 0 Å². The fourth-order valence-corrected chi connectivity index (χ4v) is 3.41. The van der Waals surface area contributed by atoms with E-state index in [1.807, 2.05) is 11.8 Å². The van der Waals surface area contributed by atoms with Gasteiger partial charge < -0.3 is 10.1 Å². The second-order valence-electron chi connectivity index (χ2n) is 5.04. The van der Waals surface area contributed by atoms with Crippen LogP contribution in [0.15, 0.2) is 18.2 Å². The van der Waals surface area contributed by atoms with Crippen molar-refractivity contribution in [2.45, 2.75) is 37.2 Å². The van der Waals surface area contributed by atoms with Gasteiger partial charge >= 0.3 is 0 Å². The molecule has 0 spiro atoms. The van der Waals surface area contributed by atoms with Crippen LogP contribution in [-0.4, -0.2) is 29.6 Å². The highest BCUT2D eigenvalue weighted by Gasteiger charge is 2.24. The molecule has 1 N–H and O–H groups in total. The topological polar surface area (TPSA) is 64.4 Å². The number of nitrogens with one attached hydrogen (secondary N) is 1. The molecule has 20 heavy (non-hydrogen) atoms. The minimum Gasteiger partial charge on any atom is -0.382 e. The zero-order chi connectivity index (χ0) is 14.5. The first-order valence-corrected chi connectivity index (χ1v) is 7.98. The van der Waals surface area contributed by atoms with Crippen LogP contribution < -0.4 is 5.32 Å². The van der Waals surface area contributed by atoms with Gasteiger partial charge in [-0.1, -0.05) is 0 Å². The minimum absolute atomic E-state index is 0.107. The molecule has 0 bridgehead atoms. The summed E-state index contributed by atoms with van der Waals surface area (Å²) in [5, 5.41) is 15.1. The van der Waals surface area contributed by atoms with Crippen LogP contribution >= 0.6 is 11.8 Å². The average Bonchev–Trinajstić information content (AvgIpc) is 2.88. The molecule has 0 radical (unpaired) electrons. The highest BCUT2D eigenvalue weighted by atomic mass is 32.2. The normalized spacial score (nSPS) is 21.9. The lowest BCUT2D eigenvalue weighted by Crippen LogP contribution is -2.17. The maximum atomic E-state index is 10.8. The number of methoxy groups -OCH3 is 1. The summed E-state index contributed by atoms with van der Waals surface area (Å²) in [6.45, 7) is 0.378. The molecule has 0 amide bonds. The molecule has 1 fully saturated rings. The van der Waals surface area contributed by atoms with E-state index in [-0.39, 0.29) is 10.6 Å². The first-order chi connectivity index (χ1) is 9.63. The second-order valence-corrected chi connectivity index (χ2v) is 6.18. The molecule has 2 atom stereocenters. The molecule has 5 nitrogen and oxygen atoms in total. The molecular weight excluding hydrogens is 276 g/mol. The maximum absolute atomic E-state index is 10.8.